The third-order valence-corrected chi connectivity index (χ3v) is 2.79. The molecule has 2 aromatic rings. The summed E-state index contributed by atoms with van der Waals surface area (Å²) >= 11 is 5.72. The summed E-state index contributed by atoms with van der Waals surface area (Å²) in [6.07, 6.45) is 3.97. The van der Waals surface area contributed by atoms with Gasteiger partial charge in [0.15, 0.2) is 0 Å². The van der Waals surface area contributed by atoms with Crippen molar-refractivity contribution in [1.82, 2.24) is 4.98 Å². The van der Waals surface area contributed by atoms with E-state index in [1.54, 1.807) is 12.3 Å². The Labute approximate surface area is 113 Å². The van der Waals surface area contributed by atoms with Crippen molar-refractivity contribution in [2.75, 3.05) is 0 Å². The molecule has 0 unspecified atom stereocenters. The maximum Gasteiger partial charge on any atom is 0.129 e. The monoisotopic (exact) mass is 255 g/mol. The van der Waals surface area contributed by atoms with Crippen molar-refractivity contribution in [3.05, 3.63) is 64.4 Å². The number of rotatable bonds is 2. The van der Waals surface area contributed by atoms with Gasteiger partial charge < -0.3 is 0 Å². The molecular weight excluding hydrogens is 242 g/mol. The lowest BCUT2D eigenvalue weighted by molar-refractivity contribution is 0.922. The molecule has 1 aromatic carbocycles. The van der Waals surface area contributed by atoms with Crippen LogP contribution in [0.5, 0.6) is 0 Å². The van der Waals surface area contributed by atoms with E-state index < -0.39 is 0 Å². The van der Waals surface area contributed by atoms with Crippen molar-refractivity contribution in [2.45, 2.75) is 19.8 Å². The molecule has 0 radical (unpaired) electrons. The first-order valence-corrected chi connectivity index (χ1v) is 6.38. The van der Waals surface area contributed by atoms with Gasteiger partial charge in [0.1, 0.15) is 5.15 Å². The maximum absolute atomic E-state index is 5.72. The SMILES string of the molecule is CCCc1ccc(C#Cc2ccc(Cl)nc2)cc1. The lowest BCUT2D eigenvalue weighted by Crippen LogP contribution is -1.83. The van der Waals surface area contributed by atoms with Gasteiger partial charge in [0, 0.05) is 17.3 Å². The summed E-state index contributed by atoms with van der Waals surface area (Å²) in [6.45, 7) is 2.18. The second-order valence-corrected chi connectivity index (χ2v) is 4.45. The summed E-state index contributed by atoms with van der Waals surface area (Å²) in [5.74, 6) is 6.19. The van der Waals surface area contributed by atoms with Crippen LogP contribution in [0.1, 0.15) is 30.0 Å². The van der Waals surface area contributed by atoms with Crippen molar-refractivity contribution in [2.24, 2.45) is 0 Å². The predicted octanol–water partition coefficient (Wildman–Crippen LogP) is 4.09. The van der Waals surface area contributed by atoms with Gasteiger partial charge in [-0.25, -0.2) is 4.98 Å². The zero-order chi connectivity index (χ0) is 12.8. The molecule has 18 heavy (non-hydrogen) atoms. The van der Waals surface area contributed by atoms with Crippen LogP contribution in [0.25, 0.3) is 0 Å². The smallest absolute Gasteiger partial charge is 0.129 e. The third kappa shape index (κ3) is 3.61. The van der Waals surface area contributed by atoms with Crippen molar-refractivity contribution in [3.8, 4) is 11.8 Å². The Morgan fingerprint density at radius 3 is 2.28 bits per heavy atom. The molecule has 1 heterocycles. The van der Waals surface area contributed by atoms with Gasteiger partial charge in [-0.15, -0.1) is 0 Å². The van der Waals surface area contributed by atoms with Crippen LogP contribution in [0.2, 0.25) is 5.15 Å². The molecule has 0 spiro atoms. The molecule has 2 heteroatoms. The average Bonchev–Trinajstić information content (AvgIpc) is 2.40. The summed E-state index contributed by atoms with van der Waals surface area (Å²) in [7, 11) is 0. The van der Waals surface area contributed by atoms with Gasteiger partial charge in [-0.1, -0.05) is 48.9 Å². The Hall–Kier alpha value is -1.78. The molecule has 0 amide bonds. The minimum Gasteiger partial charge on any atom is -0.243 e. The highest BCUT2D eigenvalue weighted by molar-refractivity contribution is 6.29. The number of hydrogen-bond donors (Lipinski definition) is 0. The first-order chi connectivity index (χ1) is 8.78. The van der Waals surface area contributed by atoms with E-state index >= 15 is 0 Å². The molecule has 0 bridgehead atoms. The normalized spacial score (nSPS) is 9.67. The van der Waals surface area contributed by atoms with Crippen molar-refractivity contribution in [3.63, 3.8) is 0 Å². The molecule has 0 atom stereocenters. The Bertz CT molecular complexity index is 559. The molecular formula is C16H14ClN. The Morgan fingerprint density at radius 2 is 1.67 bits per heavy atom. The minimum atomic E-state index is 0.490. The quantitative estimate of drug-likeness (QED) is 0.582. The van der Waals surface area contributed by atoms with E-state index in [-0.39, 0.29) is 0 Å². The van der Waals surface area contributed by atoms with E-state index in [0.29, 0.717) is 5.15 Å². The molecule has 0 N–H and O–H groups in total. The summed E-state index contributed by atoms with van der Waals surface area (Å²) in [5, 5.41) is 0.490. The molecule has 1 nitrogen and oxygen atoms in total. The first-order valence-electron chi connectivity index (χ1n) is 6.00. The predicted molar refractivity (Wildman–Crippen MR) is 75.7 cm³/mol. The Kier molecular flexibility index (Phi) is 4.39. The molecule has 1 aromatic heterocycles. The molecule has 2 rings (SSSR count). The van der Waals surface area contributed by atoms with Gasteiger partial charge >= 0.3 is 0 Å². The first kappa shape index (κ1) is 12.7. The number of aryl methyl sites for hydroxylation is 1. The van der Waals surface area contributed by atoms with E-state index in [2.05, 4.69) is 48.0 Å². The fourth-order valence-electron chi connectivity index (χ4n) is 1.64. The van der Waals surface area contributed by atoms with E-state index in [4.69, 9.17) is 11.6 Å². The largest absolute Gasteiger partial charge is 0.243 e. The van der Waals surface area contributed by atoms with Gasteiger partial charge in [0.2, 0.25) is 0 Å². The Balaban J connectivity index is 2.12. The van der Waals surface area contributed by atoms with Gasteiger partial charge in [-0.2, -0.15) is 0 Å². The number of benzene rings is 1. The van der Waals surface area contributed by atoms with E-state index in [0.717, 1.165) is 17.5 Å². The van der Waals surface area contributed by atoms with Crippen LogP contribution in [0, 0.1) is 11.8 Å². The lowest BCUT2D eigenvalue weighted by atomic mass is 10.1. The van der Waals surface area contributed by atoms with E-state index in [9.17, 15) is 0 Å². The van der Waals surface area contributed by atoms with Crippen LogP contribution >= 0.6 is 11.6 Å². The fourth-order valence-corrected chi connectivity index (χ4v) is 1.75. The zero-order valence-corrected chi connectivity index (χ0v) is 11.0. The van der Waals surface area contributed by atoms with Gasteiger partial charge in [0.25, 0.3) is 0 Å². The molecule has 0 fully saturated rings. The highest BCUT2D eigenvalue weighted by Gasteiger charge is 1.92. The molecule has 90 valence electrons. The van der Waals surface area contributed by atoms with Crippen LogP contribution < -0.4 is 0 Å². The van der Waals surface area contributed by atoms with Crippen molar-refractivity contribution >= 4 is 11.6 Å². The molecule has 0 saturated heterocycles. The lowest BCUT2D eigenvalue weighted by Gasteiger charge is -1.97. The Morgan fingerprint density at radius 1 is 1.00 bits per heavy atom. The van der Waals surface area contributed by atoms with Gasteiger partial charge in [0.05, 0.1) is 0 Å². The van der Waals surface area contributed by atoms with Gasteiger partial charge in [-0.05, 0) is 36.2 Å². The number of aromatic nitrogens is 1. The molecule has 0 aliphatic carbocycles. The number of halogens is 1. The second-order valence-electron chi connectivity index (χ2n) is 4.07. The topological polar surface area (TPSA) is 12.9 Å². The van der Waals surface area contributed by atoms with Crippen LogP contribution in [-0.2, 0) is 6.42 Å². The summed E-state index contributed by atoms with van der Waals surface area (Å²) in [6, 6.07) is 12.0. The number of nitrogens with zero attached hydrogens (tertiary/aromatic N) is 1. The standard InChI is InChI=1S/C16H14ClN/c1-2-3-13-4-6-14(7-5-13)8-9-15-10-11-16(17)18-12-15/h4-7,10-12H,2-3H2,1H3. The van der Waals surface area contributed by atoms with Crippen LogP contribution in [0.15, 0.2) is 42.6 Å². The maximum atomic E-state index is 5.72. The van der Waals surface area contributed by atoms with Crippen molar-refractivity contribution in [1.29, 1.82) is 0 Å². The third-order valence-electron chi connectivity index (χ3n) is 2.57. The molecule has 0 aliphatic rings. The number of pyridine rings is 1. The summed E-state index contributed by atoms with van der Waals surface area (Å²) in [5.41, 5.74) is 3.25. The zero-order valence-electron chi connectivity index (χ0n) is 10.3. The molecule has 0 saturated carbocycles. The van der Waals surface area contributed by atoms with Crippen LogP contribution in [0.3, 0.4) is 0 Å². The average molecular weight is 256 g/mol. The highest BCUT2D eigenvalue weighted by Crippen LogP contribution is 2.07. The fraction of sp³-hybridized carbons (Fsp3) is 0.188. The highest BCUT2D eigenvalue weighted by atomic mass is 35.5. The van der Waals surface area contributed by atoms with Gasteiger partial charge in [-0.3, -0.25) is 0 Å². The van der Waals surface area contributed by atoms with Crippen molar-refractivity contribution < 1.29 is 0 Å². The molecule has 0 aliphatic heterocycles. The second kappa shape index (κ2) is 6.23. The summed E-state index contributed by atoms with van der Waals surface area (Å²) in [4.78, 5) is 3.99. The van der Waals surface area contributed by atoms with E-state index in [1.165, 1.54) is 12.0 Å². The number of hydrogen-bond acceptors (Lipinski definition) is 1. The van der Waals surface area contributed by atoms with Crippen LogP contribution in [-0.4, -0.2) is 4.98 Å². The van der Waals surface area contributed by atoms with Crippen LogP contribution in [0.4, 0.5) is 0 Å². The summed E-state index contributed by atoms with van der Waals surface area (Å²) < 4.78 is 0. The van der Waals surface area contributed by atoms with E-state index in [1.807, 2.05) is 6.07 Å². The minimum absolute atomic E-state index is 0.490.